The fourth-order valence-electron chi connectivity index (χ4n) is 1.01. The molecule has 0 aliphatic carbocycles. The highest BCUT2D eigenvalue weighted by atomic mass is 16.4. The van der Waals surface area contributed by atoms with Crippen molar-refractivity contribution in [3.05, 3.63) is 0 Å². The zero-order chi connectivity index (χ0) is 10.3. The van der Waals surface area contributed by atoms with Crippen LogP contribution in [0.1, 0.15) is 32.6 Å². The summed E-state index contributed by atoms with van der Waals surface area (Å²) in [5.41, 5.74) is 0. The maximum atomic E-state index is 11.1. The van der Waals surface area contributed by atoms with Crippen molar-refractivity contribution in [2.75, 3.05) is 6.61 Å². The van der Waals surface area contributed by atoms with Crippen LogP contribution in [0.3, 0.4) is 0 Å². The Morgan fingerprint density at radius 3 is 2.38 bits per heavy atom. The highest BCUT2D eigenvalue weighted by molar-refractivity contribution is 5.83. The van der Waals surface area contributed by atoms with Gasteiger partial charge in [0.25, 0.3) is 0 Å². The first-order chi connectivity index (χ1) is 6.13. The minimum Gasteiger partial charge on any atom is -0.394 e. The smallest absolute Gasteiger partial charge is 0.164 e. The Balaban J connectivity index is 3.69. The molecule has 0 spiro atoms. The van der Waals surface area contributed by atoms with Gasteiger partial charge in [-0.1, -0.05) is 19.8 Å². The van der Waals surface area contributed by atoms with E-state index < -0.39 is 24.6 Å². The first-order valence-electron chi connectivity index (χ1n) is 4.63. The molecule has 4 nitrogen and oxygen atoms in total. The summed E-state index contributed by atoms with van der Waals surface area (Å²) in [5, 5.41) is 26.5. The number of rotatable bonds is 7. The van der Waals surface area contributed by atoms with E-state index >= 15 is 0 Å². The Bertz CT molecular complexity index is 147. The van der Waals surface area contributed by atoms with Gasteiger partial charge in [-0.15, -0.1) is 0 Å². The third-order valence-corrected chi connectivity index (χ3v) is 1.91. The Morgan fingerprint density at radius 1 is 1.31 bits per heavy atom. The largest absolute Gasteiger partial charge is 0.394 e. The fourth-order valence-corrected chi connectivity index (χ4v) is 1.01. The van der Waals surface area contributed by atoms with Crippen molar-refractivity contribution >= 4 is 5.78 Å². The second kappa shape index (κ2) is 7.00. The number of carbonyl (C=O) groups excluding carboxylic acids is 1. The lowest BCUT2D eigenvalue weighted by Gasteiger charge is -2.13. The number of carbonyl (C=O) groups is 1. The summed E-state index contributed by atoms with van der Waals surface area (Å²) in [6.45, 7) is 1.43. The monoisotopic (exact) mass is 190 g/mol. The van der Waals surface area contributed by atoms with Gasteiger partial charge >= 0.3 is 0 Å². The van der Waals surface area contributed by atoms with Crippen molar-refractivity contribution in [1.82, 2.24) is 0 Å². The fraction of sp³-hybridized carbons (Fsp3) is 0.889. The van der Waals surface area contributed by atoms with Crippen LogP contribution in [-0.2, 0) is 4.79 Å². The lowest BCUT2D eigenvalue weighted by molar-refractivity contribution is -0.134. The quantitative estimate of drug-likeness (QED) is 0.488. The van der Waals surface area contributed by atoms with Crippen molar-refractivity contribution in [3.63, 3.8) is 0 Å². The van der Waals surface area contributed by atoms with Gasteiger partial charge in [-0.05, 0) is 6.42 Å². The molecule has 0 aromatic heterocycles. The molecule has 0 aromatic rings. The Morgan fingerprint density at radius 2 is 1.92 bits per heavy atom. The molecule has 4 heteroatoms. The molecule has 0 saturated heterocycles. The number of hydrogen-bond acceptors (Lipinski definition) is 4. The van der Waals surface area contributed by atoms with Crippen LogP contribution in [0.2, 0.25) is 0 Å². The number of aliphatic hydroxyl groups is 3. The van der Waals surface area contributed by atoms with E-state index in [1.54, 1.807) is 0 Å². The predicted molar refractivity (Wildman–Crippen MR) is 48.2 cm³/mol. The summed E-state index contributed by atoms with van der Waals surface area (Å²) in [5.74, 6) is -0.394. The molecule has 78 valence electrons. The average molecular weight is 190 g/mol. The van der Waals surface area contributed by atoms with Crippen LogP contribution in [0.15, 0.2) is 0 Å². The Kier molecular flexibility index (Phi) is 6.76. The summed E-state index contributed by atoms with van der Waals surface area (Å²) in [7, 11) is 0. The van der Waals surface area contributed by atoms with E-state index in [0.29, 0.717) is 0 Å². The first-order valence-corrected chi connectivity index (χ1v) is 4.63. The molecule has 1 unspecified atom stereocenters. The number of ketones is 1. The highest BCUT2D eigenvalue weighted by Crippen LogP contribution is 2.04. The van der Waals surface area contributed by atoms with E-state index in [0.717, 1.165) is 19.3 Å². The molecule has 3 N–H and O–H groups in total. The first kappa shape index (κ1) is 12.6. The summed E-state index contributed by atoms with van der Waals surface area (Å²) >= 11 is 0. The van der Waals surface area contributed by atoms with Crippen LogP contribution in [0.4, 0.5) is 0 Å². The molecule has 0 amide bonds. The summed E-state index contributed by atoms with van der Waals surface area (Å²) < 4.78 is 0. The third kappa shape index (κ3) is 4.98. The van der Waals surface area contributed by atoms with Gasteiger partial charge in [0, 0.05) is 6.42 Å². The molecule has 2 atom stereocenters. The normalized spacial score (nSPS) is 15.4. The molecular weight excluding hydrogens is 172 g/mol. The lowest BCUT2D eigenvalue weighted by Crippen LogP contribution is -2.36. The molecule has 0 rings (SSSR count). The maximum Gasteiger partial charge on any atom is 0.164 e. The van der Waals surface area contributed by atoms with E-state index in [2.05, 4.69) is 0 Å². The number of aliphatic hydroxyl groups excluding tert-OH is 3. The molecule has 0 bridgehead atoms. The van der Waals surface area contributed by atoms with Crippen LogP contribution >= 0.6 is 0 Å². The number of unbranched alkanes of at least 4 members (excludes halogenated alkanes) is 2. The van der Waals surface area contributed by atoms with Crippen LogP contribution in [0.25, 0.3) is 0 Å². The number of Topliss-reactive ketones (excluding diaryl/α,β-unsaturated/α-hetero) is 1. The van der Waals surface area contributed by atoms with Crippen molar-refractivity contribution in [2.24, 2.45) is 0 Å². The third-order valence-electron chi connectivity index (χ3n) is 1.91. The molecule has 0 aliphatic rings. The second-order valence-corrected chi connectivity index (χ2v) is 3.12. The van der Waals surface area contributed by atoms with Crippen molar-refractivity contribution in [1.29, 1.82) is 0 Å². The lowest BCUT2D eigenvalue weighted by atomic mass is 10.0. The van der Waals surface area contributed by atoms with Gasteiger partial charge in [-0.3, -0.25) is 4.79 Å². The molecule has 0 radical (unpaired) electrons. The summed E-state index contributed by atoms with van der Waals surface area (Å²) in [4.78, 5) is 11.1. The maximum absolute atomic E-state index is 11.1. The minimum absolute atomic E-state index is 0.270. The van der Waals surface area contributed by atoms with E-state index in [1.165, 1.54) is 0 Å². The minimum atomic E-state index is -1.43. The highest BCUT2D eigenvalue weighted by Gasteiger charge is 2.22. The predicted octanol–water partition coefficient (Wildman–Crippen LogP) is -0.150. The zero-order valence-electron chi connectivity index (χ0n) is 7.94. The van der Waals surface area contributed by atoms with Crippen LogP contribution in [0, 0.1) is 0 Å². The average Bonchev–Trinajstić information content (AvgIpc) is 2.15. The van der Waals surface area contributed by atoms with E-state index in [4.69, 9.17) is 15.3 Å². The van der Waals surface area contributed by atoms with Gasteiger partial charge < -0.3 is 15.3 Å². The van der Waals surface area contributed by atoms with Crippen LogP contribution in [0.5, 0.6) is 0 Å². The van der Waals surface area contributed by atoms with Gasteiger partial charge in [0.05, 0.1) is 6.61 Å². The Labute approximate surface area is 78.2 Å². The second-order valence-electron chi connectivity index (χ2n) is 3.12. The van der Waals surface area contributed by atoms with Crippen LogP contribution in [-0.4, -0.2) is 39.9 Å². The van der Waals surface area contributed by atoms with E-state index in [9.17, 15) is 4.79 Å². The summed E-state index contributed by atoms with van der Waals surface area (Å²) in [6.07, 6.45) is 0.173. The number of hydrogen-bond donors (Lipinski definition) is 3. The van der Waals surface area contributed by atoms with Crippen LogP contribution < -0.4 is 0 Å². The molecular formula is C9H18O4. The molecule has 13 heavy (non-hydrogen) atoms. The molecule has 0 saturated carbocycles. The van der Waals surface area contributed by atoms with Gasteiger partial charge in [0.1, 0.15) is 12.2 Å². The van der Waals surface area contributed by atoms with Crippen molar-refractivity contribution < 1.29 is 20.1 Å². The molecule has 0 heterocycles. The van der Waals surface area contributed by atoms with Gasteiger partial charge in [0.2, 0.25) is 0 Å². The van der Waals surface area contributed by atoms with E-state index in [1.807, 2.05) is 6.92 Å². The van der Waals surface area contributed by atoms with E-state index in [-0.39, 0.29) is 6.42 Å². The zero-order valence-corrected chi connectivity index (χ0v) is 7.94. The standard InChI is InChI=1S/C9H18O4/c1-2-3-4-5-7(11)9(13)8(12)6-10/h8-10,12-13H,2-6H2,1H3/t8-,9?/m0/s1. The van der Waals surface area contributed by atoms with Gasteiger partial charge in [-0.25, -0.2) is 0 Å². The molecule has 0 aliphatic heterocycles. The van der Waals surface area contributed by atoms with Gasteiger partial charge in [0.15, 0.2) is 5.78 Å². The SMILES string of the molecule is CCCCCC(=O)C(O)[C@@H](O)CO. The van der Waals surface area contributed by atoms with Crippen molar-refractivity contribution in [3.8, 4) is 0 Å². The Hall–Kier alpha value is -0.450. The van der Waals surface area contributed by atoms with Crippen molar-refractivity contribution in [2.45, 2.75) is 44.8 Å². The molecule has 0 aromatic carbocycles. The summed E-state index contributed by atoms with van der Waals surface area (Å²) in [6, 6.07) is 0. The molecule has 0 fully saturated rings. The van der Waals surface area contributed by atoms with Gasteiger partial charge in [-0.2, -0.15) is 0 Å². The topological polar surface area (TPSA) is 77.8 Å².